The van der Waals surface area contributed by atoms with Crippen LogP contribution in [0, 0.1) is 6.92 Å². The quantitative estimate of drug-likeness (QED) is 0.656. The Balaban J connectivity index is 0.000000687. The van der Waals surface area contributed by atoms with Gasteiger partial charge in [0.15, 0.2) is 0 Å². The van der Waals surface area contributed by atoms with E-state index in [0.29, 0.717) is 24.4 Å². The van der Waals surface area contributed by atoms with Crippen LogP contribution in [0.3, 0.4) is 0 Å². The van der Waals surface area contributed by atoms with Gasteiger partial charge >= 0.3 is 12.4 Å². The summed E-state index contributed by atoms with van der Waals surface area (Å²) in [6, 6.07) is 2.49. The molecule has 1 aromatic carbocycles. The second-order valence-electron chi connectivity index (χ2n) is 6.26. The molecule has 12 heteroatoms. The van der Waals surface area contributed by atoms with Crippen molar-refractivity contribution in [2.75, 3.05) is 5.75 Å². The molecule has 0 saturated heterocycles. The maximum absolute atomic E-state index is 13.1. The van der Waals surface area contributed by atoms with Gasteiger partial charge in [-0.2, -0.15) is 26.3 Å². The topological polar surface area (TPSA) is 79.5 Å². The van der Waals surface area contributed by atoms with Gasteiger partial charge in [-0.15, -0.1) is 11.8 Å². The highest BCUT2D eigenvalue weighted by atomic mass is 32.2. The molecular formula is C17H15F6NO4S. The molecule has 1 aromatic heterocycles. The Morgan fingerprint density at radius 1 is 1.10 bits per heavy atom. The van der Waals surface area contributed by atoms with Crippen molar-refractivity contribution < 1.29 is 41.4 Å². The Bertz CT molecular complexity index is 994. The lowest BCUT2D eigenvalue weighted by Crippen LogP contribution is -2.54. The normalized spacial score (nSPS) is 14.4. The number of aryl methyl sites for hydroxylation is 2. The van der Waals surface area contributed by atoms with Gasteiger partial charge in [0.2, 0.25) is 0 Å². The zero-order chi connectivity index (χ0) is 22.4. The highest BCUT2D eigenvalue weighted by Crippen LogP contribution is 2.51. The number of aromatic nitrogens is 1. The van der Waals surface area contributed by atoms with Crippen molar-refractivity contribution in [3.63, 3.8) is 0 Å². The Morgan fingerprint density at radius 3 is 2.10 bits per heavy atom. The third kappa shape index (κ3) is 4.08. The van der Waals surface area contributed by atoms with E-state index < -0.39 is 29.5 Å². The summed E-state index contributed by atoms with van der Waals surface area (Å²) in [6.07, 6.45) is -11.9. The van der Waals surface area contributed by atoms with Crippen LogP contribution in [0.5, 0.6) is 0 Å². The first-order chi connectivity index (χ1) is 13.1. The van der Waals surface area contributed by atoms with Gasteiger partial charge in [-0.05, 0) is 24.6 Å². The van der Waals surface area contributed by atoms with Crippen molar-refractivity contribution in [1.29, 1.82) is 0 Å². The second-order valence-corrected chi connectivity index (χ2v) is 7.40. The van der Waals surface area contributed by atoms with Crippen molar-refractivity contribution >= 4 is 28.6 Å². The van der Waals surface area contributed by atoms with Crippen LogP contribution in [0.4, 0.5) is 26.3 Å². The Labute approximate surface area is 163 Å². The third-order valence-electron chi connectivity index (χ3n) is 4.19. The second kappa shape index (κ2) is 7.56. The molecule has 0 atom stereocenters. The van der Waals surface area contributed by atoms with Gasteiger partial charge in [0.05, 0.1) is 5.52 Å². The molecule has 0 amide bonds. The molecule has 0 aliphatic carbocycles. The summed E-state index contributed by atoms with van der Waals surface area (Å²) in [7, 11) is 0. The first-order valence-corrected chi connectivity index (χ1v) is 8.96. The maximum Gasteiger partial charge on any atom is 0.430 e. The first kappa shape index (κ1) is 23.1. The summed E-state index contributed by atoms with van der Waals surface area (Å²) in [4.78, 5) is 21.1. The minimum absolute atomic E-state index is 0.0752. The van der Waals surface area contributed by atoms with Gasteiger partial charge in [-0.25, -0.2) is 0 Å². The lowest BCUT2D eigenvalue weighted by Gasteiger charge is -2.33. The average molecular weight is 443 g/mol. The number of pyridine rings is 1. The summed E-state index contributed by atoms with van der Waals surface area (Å²) >= 11 is 1.04. The van der Waals surface area contributed by atoms with E-state index in [9.17, 15) is 36.2 Å². The van der Waals surface area contributed by atoms with Gasteiger partial charge in [-0.1, -0.05) is 0 Å². The molecule has 2 aromatic rings. The number of rotatable bonds is 1. The smallest absolute Gasteiger partial charge is 0.430 e. The number of benzene rings is 1. The van der Waals surface area contributed by atoms with Crippen LogP contribution in [0.15, 0.2) is 27.9 Å². The molecule has 1 aliphatic heterocycles. The highest BCUT2D eigenvalue weighted by molar-refractivity contribution is 7.99. The van der Waals surface area contributed by atoms with Crippen LogP contribution in [-0.2, 0) is 16.9 Å². The number of aliphatic hydroxyl groups is 1. The zero-order valence-corrected chi connectivity index (χ0v) is 15.8. The summed E-state index contributed by atoms with van der Waals surface area (Å²) in [6.45, 7) is 2.81. The molecule has 5 nitrogen and oxygen atoms in total. The highest BCUT2D eigenvalue weighted by Gasteiger charge is 2.71. The fourth-order valence-electron chi connectivity index (χ4n) is 2.91. The minimum atomic E-state index is -5.95. The number of carboxylic acids is 1. The molecule has 0 saturated carbocycles. The lowest BCUT2D eigenvalue weighted by atomic mass is 9.90. The molecule has 0 bridgehead atoms. The van der Waals surface area contributed by atoms with Gasteiger partial charge in [0.1, 0.15) is 0 Å². The SMILES string of the molecule is CC(=O)O.Cc1cc(=O)n2c3c(cc(C(O)(C(F)(F)F)C(F)(F)F)cc13)SCC2. The summed E-state index contributed by atoms with van der Waals surface area (Å²) < 4.78 is 80.2. The number of halogens is 6. The maximum atomic E-state index is 13.1. The largest absolute Gasteiger partial charge is 0.481 e. The van der Waals surface area contributed by atoms with Crippen LogP contribution in [0.2, 0.25) is 0 Å². The number of nitrogens with zero attached hydrogens (tertiary/aromatic N) is 1. The van der Waals surface area contributed by atoms with Crippen molar-refractivity contribution in [3.05, 3.63) is 39.7 Å². The van der Waals surface area contributed by atoms with E-state index in [1.54, 1.807) is 0 Å². The molecule has 29 heavy (non-hydrogen) atoms. The Kier molecular flexibility index (Phi) is 6.01. The number of alkyl halides is 6. The minimum Gasteiger partial charge on any atom is -0.481 e. The molecule has 1 aliphatic rings. The molecule has 0 radical (unpaired) electrons. The van der Waals surface area contributed by atoms with Crippen LogP contribution in [-0.4, -0.2) is 38.9 Å². The van der Waals surface area contributed by atoms with E-state index in [2.05, 4.69) is 0 Å². The molecule has 0 spiro atoms. The molecule has 0 unspecified atom stereocenters. The lowest BCUT2D eigenvalue weighted by molar-refractivity contribution is -0.376. The first-order valence-electron chi connectivity index (χ1n) is 7.98. The van der Waals surface area contributed by atoms with Crippen molar-refractivity contribution in [2.45, 2.75) is 43.2 Å². The number of hydrogen-bond donors (Lipinski definition) is 2. The standard InChI is InChI=1S/C15H11F6NO2S.C2H4O2/c1-7-4-11(23)22-2-3-25-10-6-8(5-9(7)12(10)22)13(24,14(16,17)18)15(19,20)21;1-2(3)4/h4-6,24H,2-3H2,1H3;1H3,(H,3,4). The van der Waals surface area contributed by atoms with Gasteiger partial charge in [0.25, 0.3) is 17.1 Å². The average Bonchev–Trinajstić information content (AvgIpc) is 2.55. The van der Waals surface area contributed by atoms with Gasteiger partial charge < -0.3 is 14.8 Å². The predicted molar refractivity (Wildman–Crippen MR) is 93.0 cm³/mol. The molecule has 3 rings (SSSR count). The summed E-state index contributed by atoms with van der Waals surface area (Å²) in [5.41, 5.74) is -6.14. The molecule has 2 heterocycles. The van der Waals surface area contributed by atoms with Crippen molar-refractivity contribution in [2.24, 2.45) is 0 Å². The monoisotopic (exact) mass is 443 g/mol. The predicted octanol–water partition coefficient (Wildman–Crippen LogP) is 3.82. The van der Waals surface area contributed by atoms with Crippen LogP contribution >= 0.6 is 11.8 Å². The molecule has 2 N–H and O–H groups in total. The molecule has 160 valence electrons. The van der Waals surface area contributed by atoms with E-state index in [0.717, 1.165) is 24.8 Å². The van der Waals surface area contributed by atoms with E-state index in [1.165, 1.54) is 11.5 Å². The fraction of sp³-hybridized carbons (Fsp3) is 0.412. The Morgan fingerprint density at radius 2 is 1.62 bits per heavy atom. The van der Waals surface area contributed by atoms with E-state index >= 15 is 0 Å². The summed E-state index contributed by atoms with van der Waals surface area (Å²) in [5.74, 6) is -0.509. The van der Waals surface area contributed by atoms with Gasteiger partial charge in [-0.3, -0.25) is 9.59 Å². The summed E-state index contributed by atoms with van der Waals surface area (Å²) in [5, 5.41) is 17.1. The molecular weight excluding hydrogens is 428 g/mol. The van der Waals surface area contributed by atoms with E-state index in [-0.39, 0.29) is 26.9 Å². The third-order valence-corrected chi connectivity index (χ3v) is 5.20. The van der Waals surface area contributed by atoms with E-state index in [1.807, 2.05) is 0 Å². The number of carboxylic acid groups (broad SMARTS) is 1. The van der Waals surface area contributed by atoms with Crippen LogP contribution in [0.25, 0.3) is 10.9 Å². The number of carbonyl (C=O) groups is 1. The van der Waals surface area contributed by atoms with Crippen LogP contribution in [0.1, 0.15) is 18.1 Å². The van der Waals surface area contributed by atoms with Crippen molar-refractivity contribution in [1.82, 2.24) is 4.57 Å². The van der Waals surface area contributed by atoms with Gasteiger partial charge in [0, 0.05) is 41.1 Å². The number of hydrogen-bond acceptors (Lipinski definition) is 4. The number of thioether (sulfide) groups is 1. The van der Waals surface area contributed by atoms with Crippen molar-refractivity contribution in [3.8, 4) is 0 Å². The fourth-order valence-corrected chi connectivity index (χ4v) is 3.97. The van der Waals surface area contributed by atoms with E-state index in [4.69, 9.17) is 9.90 Å². The zero-order valence-electron chi connectivity index (χ0n) is 15.0. The molecule has 0 fully saturated rings. The van der Waals surface area contributed by atoms with Crippen LogP contribution < -0.4 is 5.56 Å². The number of aliphatic carboxylic acids is 1. The Hall–Kier alpha value is -2.21.